The van der Waals surface area contributed by atoms with Crippen LogP contribution in [-0.2, 0) is 16.1 Å². The molecule has 1 atom stereocenters. The normalized spacial score (nSPS) is 18.9. The van der Waals surface area contributed by atoms with Crippen molar-refractivity contribution in [2.75, 3.05) is 6.61 Å². The summed E-state index contributed by atoms with van der Waals surface area (Å²) in [7, 11) is 0. The number of rotatable bonds is 3. The molecule has 1 unspecified atom stereocenters. The number of aromatic nitrogens is 1. The minimum atomic E-state index is -0.105. The van der Waals surface area contributed by atoms with E-state index in [2.05, 4.69) is 11.1 Å². The SMILES string of the molecule is N#Cc1cccc2nc(COC3CCCCO3)ccc12. The number of hydrogen-bond donors (Lipinski definition) is 0. The molecule has 1 aromatic heterocycles. The van der Waals surface area contributed by atoms with Gasteiger partial charge in [-0.1, -0.05) is 6.07 Å². The Kier molecular flexibility index (Phi) is 3.91. The van der Waals surface area contributed by atoms with Crippen molar-refractivity contribution in [1.29, 1.82) is 5.26 Å². The fraction of sp³-hybridized carbons (Fsp3) is 0.375. The highest BCUT2D eigenvalue weighted by Gasteiger charge is 2.14. The minimum Gasteiger partial charge on any atom is -0.353 e. The van der Waals surface area contributed by atoms with E-state index in [1.54, 1.807) is 6.07 Å². The Labute approximate surface area is 118 Å². The zero-order valence-electron chi connectivity index (χ0n) is 11.2. The number of hydrogen-bond acceptors (Lipinski definition) is 4. The smallest absolute Gasteiger partial charge is 0.158 e. The highest BCUT2D eigenvalue weighted by Crippen LogP contribution is 2.19. The first kappa shape index (κ1) is 13.0. The average molecular weight is 268 g/mol. The molecule has 0 saturated carbocycles. The summed E-state index contributed by atoms with van der Waals surface area (Å²) in [5.74, 6) is 0. The van der Waals surface area contributed by atoms with Gasteiger partial charge in [-0.3, -0.25) is 4.98 Å². The fourth-order valence-corrected chi connectivity index (χ4v) is 2.40. The van der Waals surface area contributed by atoms with Gasteiger partial charge < -0.3 is 9.47 Å². The molecule has 102 valence electrons. The Balaban J connectivity index is 1.74. The van der Waals surface area contributed by atoms with Crippen LogP contribution in [0.1, 0.15) is 30.5 Å². The molecule has 0 spiro atoms. The molecule has 4 nitrogen and oxygen atoms in total. The van der Waals surface area contributed by atoms with Gasteiger partial charge in [0.05, 0.1) is 29.5 Å². The Morgan fingerprint density at radius 3 is 3.05 bits per heavy atom. The van der Waals surface area contributed by atoms with Crippen molar-refractivity contribution in [2.45, 2.75) is 32.2 Å². The minimum absolute atomic E-state index is 0.105. The quantitative estimate of drug-likeness (QED) is 0.858. The zero-order valence-corrected chi connectivity index (χ0v) is 11.2. The number of nitriles is 1. The van der Waals surface area contributed by atoms with Crippen LogP contribution in [0.2, 0.25) is 0 Å². The number of pyridine rings is 1. The summed E-state index contributed by atoms with van der Waals surface area (Å²) in [6.45, 7) is 1.22. The molecular weight excluding hydrogens is 252 g/mol. The van der Waals surface area contributed by atoms with Gasteiger partial charge in [0.1, 0.15) is 0 Å². The van der Waals surface area contributed by atoms with Gasteiger partial charge in [-0.15, -0.1) is 0 Å². The highest BCUT2D eigenvalue weighted by molar-refractivity contribution is 5.84. The first-order valence-corrected chi connectivity index (χ1v) is 6.89. The molecule has 20 heavy (non-hydrogen) atoms. The van der Waals surface area contributed by atoms with Crippen LogP contribution in [0.5, 0.6) is 0 Å². The van der Waals surface area contributed by atoms with Crippen LogP contribution in [0.15, 0.2) is 30.3 Å². The number of nitrogens with zero attached hydrogens (tertiary/aromatic N) is 2. The van der Waals surface area contributed by atoms with Gasteiger partial charge in [0.25, 0.3) is 0 Å². The summed E-state index contributed by atoms with van der Waals surface area (Å²) in [5, 5.41) is 9.94. The van der Waals surface area contributed by atoms with Gasteiger partial charge in [0.15, 0.2) is 6.29 Å². The lowest BCUT2D eigenvalue weighted by atomic mass is 10.1. The lowest BCUT2D eigenvalue weighted by Crippen LogP contribution is -2.22. The maximum absolute atomic E-state index is 9.06. The van der Waals surface area contributed by atoms with E-state index in [4.69, 9.17) is 14.7 Å². The molecule has 1 saturated heterocycles. The molecule has 1 aliphatic rings. The van der Waals surface area contributed by atoms with Crippen LogP contribution in [0.3, 0.4) is 0 Å². The molecule has 0 amide bonds. The van der Waals surface area contributed by atoms with E-state index in [0.717, 1.165) is 42.5 Å². The monoisotopic (exact) mass is 268 g/mol. The molecule has 2 heterocycles. The van der Waals surface area contributed by atoms with E-state index in [9.17, 15) is 0 Å². The van der Waals surface area contributed by atoms with Gasteiger partial charge in [-0.25, -0.2) is 0 Å². The summed E-state index contributed by atoms with van der Waals surface area (Å²) >= 11 is 0. The Morgan fingerprint density at radius 1 is 1.30 bits per heavy atom. The standard InChI is InChI=1S/C16H16N2O2/c17-10-12-4-3-5-15-14(12)8-7-13(18-15)11-20-16-6-1-2-9-19-16/h3-5,7-8,16H,1-2,6,9,11H2. The molecule has 0 bridgehead atoms. The van der Waals surface area contributed by atoms with E-state index in [0.29, 0.717) is 12.2 Å². The van der Waals surface area contributed by atoms with Crippen LogP contribution < -0.4 is 0 Å². The van der Waals surface area contributed by atoms with Gasteiger partial charge in [-0.2, -0.15) is 5.26 Å². The van der Waals surface area contributed by atoms with Gasteiger partial charge in [0, 0.05) is 12.0 Å². The van der Waals surface area contributed by atoms with Crippen molar-refractivity contribution in [3.8, 4) is 6.07 Å². The van der Waals surface area contributed by atoms with Crippen molar-refractivity contribution in [3.05, 3.63) is 41.6 Å². The summed E-state index contributed by atoms with van der Waals surface area (Å²) in [6, 6.07) is 11.6. The van der Waals surface area contributed by atoms with Crippen molar-refractivity contribution < 1.29 is 9.47 Å². The molecule has 3 rings (SSSR count). The van der Waals surface area contributed by atoms with E-state index in [1.165, 1.54) is 0 Å². The molecule has 0 radical (unpaired) electrons. The van der Waals surface area contributed by atoms with Gasteiger partial charge in [-0.05, 0) is 43.5 Å². The molecule has 4 heteroatoms. The van der Waals surface area contributed by atoms with Crippen molar-refractivity contribution in [2.24, 2.45) is 0 Å². The van der Waals surface area contributed by atoms with Crippen molar-refractivity contribution in [1.82, 2.24) is 4.98 Å². The number of fused-ring (bicyclic) bond motifs is 1. The van der Waals surface area contributed by atoms with Crippen molar-refractivity contribution >= 4 is 10.9 Å². The number of benzene rings is 1. The van der Waals surface area contributed by atoms with Crippen LogP contribution >= 0.6 is 0 Å². The second kappa shape index (κ2) is 6.00. The third-order valence-corrected chi connectivity index (χ3v) is 3.47. The predicted octanol–water partition coefficient (Wildman–Crippen LogP) is 3.15. The molecule has 0 N–H and O–H groups in total. The Morgan fingerprint density at radius 2 is 2.25 bits per heavy atom. The molecule has 1 fully saturated rings. The topological polar surface area (TPSA) is 55.1 Å². The summed E-state index contributed by atoms with van der Waals surface area (Å²) in [6.07, 6.45) is 3.12. The summed E-state index contributed by atoms with van der Waals surface area (Å²) in [4.78, 5) is 4.54. The highest BCUT2D eigenvalue weighted by atomic mass is 16.7. The molecule has 1 aliphatic heterocycles. The Hall–Kier alpha value is -1.96. The third kappa shape index (κ3) is 2.79. The van der Waals surface area contributed by atoms with Crippen LogP contribution in [-0.4, -0.2) is 17.9 Å². The summed E-state index contributed by atoms with van der Waals surface area (Å²) in [5.41, 5.74) is 2.34. The molecule has 1 aromatic carbocycles. The van der Waals surface area contributed by atoms with Crippen LogP contribution in [0.4, 0.5) is 0 Å². The van der Waals surface area contributed by atoms with Gasteiger partial charge in [0.2, 0.25) is 0 Å². The van der Waals surface area contributed by atoms with E-state index < -0.39 is 0 Å². The molecule has 2 aromatic rings. The fourth-order valence-electron chi connectivity index (χ4n) is 2.40. The first-order valence-electron chi connectivity index (χ1n) is 6.89. The van der Waals surface area contributed by atoms with Crippen LogP contribution in [0, 0.1) is 11.3 Å². The molecular formula is C16H16N2O2. The average Bonchev–Trinajstić information content (AvgIpc) is 2.53. The number of ether oxygens (including phenoxy) is 2. The maximum Gasteiger partial charge on any atom is 0.158 e. The van der Waals surface area contributed by atoms with E-state index >= 15 is 0 Å². The predicted molar refractivity (Wildman–Crippen MR) is 74.8 cm³/mol. The second-order valence-corrected chi connectivity index (χ2v) is 4.89. The van der Waals surface area contributed by atoms with Crippen LogP contribution in [0.25, 0.3) is 10.9 Å². The van der Waals surface area contributed by atoms with Crippen molar-refractivity contribution in [3.63, 3.8) is 0 Å². The lowest BCUT2D eigenvalue weighted by molar-refractivity contribution is -0.169. The van der Waals surface area contributed by atoms with Gasteiger partial charge >= 0.3 is 0 Å². The second-order valence-electron chi connectivity index (χ2n) is 4.89. The van der Waals surface area contributed by atoms with E-state index in [-0.39, 0.29) is 6.29 Å². The lowest BCUT2D eigenvalue weighted by Gasteiger charge is -2.22. The third-order valence-electron chi connectivity index (χ3n) is 3.47. The Bertz CT molecular complexity index is 642. The molecule has 0 aliphatic carbocycles. The van der Waals surface area contributed by atoms with E-state index in [1.807, 2.05) is 24.3 Å². The largest absolute Gasteiger partial charge is 0.353 e. The first-order chi connectivity index (χ1) is 9.86. The summed E-state index contributed by atoms with van der Waals surface area (Å²) < 4.78 is 11.3. The zero-order chi connectivity index (χ0) is 13.8. The maximum atomic E-state index is 9.06.